The van der Waals surface area contributed by atoms with Crippen LogP contribution < -0.4 is 0 Å². The summed E-state index contributed by atoms with van der Waals surface area (Å²) in [7, 11) is 0. The van der Waals surface area contributed by atoms with E-state index in [-0.39, 0.29) is 5.92 Å². The van der Waals surface area contributed by atoms with E-state index in [0.29, 0.717) is 17.5 Å². The average Bonchev–Trinajstić information content (AvgIpc) is 3.54. The molecular formula is C50H33N3O. The minimum Gasteiger partial charge on any atom is -0.456 e. The summed E-state index contributed by atoms with van der Waals surface area (Å²) in [6, 6.07) is 60.3. The molecule has 2 heterocycles. The van der Waals surface area contributed by atoms with Crippen LogP contribution in [0.2, 0.25) is 0 Å². The van der Waals surface area contributed by atoms with Crippen LogP contribution in [0.5, 0.6) is 0 Å². The molecule has 1 aliphatic rings. The summed E-state index contributed by atoms with van der Waals surface area (Å²) < 4.78 is 6.69. The lowest BCUT2D eigenvalue weighted by Gasteiger charge is -2.20. The summed E-state index contributed by atoms with van der Waals surface area (Å²) >= 11 is 0. The van der Waals surface area contributed by atoms with E-state index in [9.17, 15) is 0 Å². The molecule has 0 N–H and O–H groups in total. The average molecular weight is 692 g/mol. The number of aromatic nitrogens is 3. The van der Waals surface area contributed by atoms with Crippen LogP contribution in [0.15, 0.2) is 174 Å². The summed E-state index contributed by atoms with van der Waals surface area (Å²) in [5.41, 5.74) is 11.1. The molecule has 254 valence electrons. The summed E-state index contributed by atoms with van der Waals surface area (Å²) in [5.74, 6) is 2.00. The van der Waals surface area contributed by atoms with E-state index in [1.165, 1.54) is 44.0 Å². The van der Waals surface area contributed by atoms with Gasteiger partial charge in [0, 0.05) is 33.4 Å². The van der Waals surface area contributed by atoms with Gasteiger partial charge in [0.05, 0.1) is 0 Å². The predicted molar refractivity (Wildman–Crippen MR) is 220 cm³/mol. The molecule has 0 aliphatic heterocycles. The van der Waals surface area contributed by atoms with Crippen LogP contribution >= 0.6 is 0 Å². The Morgan fingerprint density at radius 3 is 1.91 bits per heavy atom. The maximum Gasteiger partial charge on any atom is 0.164 e. The van der Waals surface area contributed by atoms with Crippen LogP contribution in [0, 0.1) is 0 Å². The first kappa shape index (κ1) is 30.7. The molecule has 54 heavy (non-hydrogen) atoms. The number of furan rings is 1. The van der Waals surface area contributed by atoms with Gasteiger partial charge >= 0.3 is 0 Å². The molecule has 8 aromatic carbocycles. The van der Waals surface area contributed by atoms with Gasteiger partial charge in [-0.2, -0.15) is 0 Å². The first-order valence-electron chi connectivity index (χ1n) is 18.6. The first-order valence-corrected chi connectivity index (χ1v) is 18.6. The maximum absolute atomic E-state index is 6.69. The predicted octanol–water partition coefficient (Wildman–Crippen LogP) is 12.8. The van der Waals surface area contributed by atoms with Crippen molar-refractivity contribution in [3.05, 3.63) is 187 Å². The molecule has 0 spiro atoms. The lowest BCUT2D eigenvalue weighted by molar-refractivity contribution is 0.667. The standard InChI is InChI=1S/C50H33N3O/c1-2-13-32(14-3-1)48-51-49(37-23-22-31-12-4-5-15-33(31)27-37)53-50(52-48)38-29-44(47-42-20-10-11-21-45(42)54-46(47)30-38)41-25-24-36-26-34-16-6-7-17-35(34)28-43(36)40-19-9-8-18-39(40)41/h1-23,26-30,41H,24-25H2. The number of nitrogens with zero attached hydrogens (tertiary/aromatic N) is 3. The first-order chi connectivity index (χ1) is 26.7. The molecule has 4 nitrogen and oxygen atoms in total. The summed E-state index contributed by atoms with van der Waals surface area (Å²) in [5, 5.41) is 7.14. The summed E-state index contributed by atoms with van der Waals surface area (Å²) in [6.07, 6.45) is 1.91. The van der Waals surface area contributed by atoms with Crippen molar-refractivity contribution >= 4 is 43.5 Å². The van der Waals surface area contributed by atoms with E-state index >= 15 is 0 Å². The number of hydrogen-bond donors (Lipinski definition) is 0. The quantitative estimate of drug-likeness (QED) is 0.184. The third-order valence-corrected chi connectivity index (χ3v) is 11.1. The molecule has 1 atom stereocenters. The van der Waals surface area contributed by atoms with E-state index < -0.39 is 0 Å². The number of para-hydroxylation sites is 1. The SMILES string of the molecule is c1ccc(-c2nc(-c3ccc4ccccc4c3)nc(-c3cc(C4CCc5cc6ccccc6cc5-c5ccccc54)c4c(c3)oc3ccccc34)n2)cc1. The Kier molecular flexibility index (Phi) is 7.02. The Labute approximate surface area is 312 Å². The highest BCUT2D eigenvalue weighted by molar-refractivity contribution is 6.08. The zero-order valence-corrected chi connectivity index (χ0v) is 29.4. The fraction of sp³-hybridized carbons (Fsp3) is 0.0600. The third kappa shape index (κ3) is 5.10. The third-order valence-electron chi connectivity index (χ3n) is 11.1. The van der Waals surface area contributed by atoms with E-state index in [1.54, 1.807) is 0 Å². The van der Waals surface area contributed by atoms with Crippen molar-refractivity contribution in [1.29, 1.82) is 0 Å². The van der Waals surface area contributed by atoms with E-state index in [2.05, 4.69) is 146 Å². The summed E-state index contributed by atoms with van der Waals surface area (Å²) in [4.78, 5) is 15.4. The number of benzene rings is 8. The van der Waals surface area contributed by atoms with E-state index in [4.69, 9.17) is 19.4 Å². The Hall–Kier alpha value is -6.91. The lowest BCUT2D eigenvalue weighted by atomic mass is 9.83. The molecule has 10 aromatic rings. The number of rotatable bonds is 4. The second-order valence-electron chi connectivity index (χ2n) is 14.3. The van der Waals surface area contributed by atoms with Crippen LogP contribution in [0.4, 0.5) is 0 Å². The normalized spacial score (nSPS) is 14.0. The molecule has 2 aromatic heterocycles. The maximum atomic E-state index is 6.69. The van der Waals surface area contributed by atoms with Gasteiger partial charge in [-0.15, -0.1) is 0 Å². The zero-order chi connectivity index (χ0) is 35.6. The van der Waals surface area contributed by atoms with Crippen LogP contribution in [0.3, 0.4) is 0 Å². The van der Waals surface area contributed by atoms with Crippen molar-refractivity contribution in [1.82, 2.24) is 15.0 Å². The van der Waals surface area contributed by atoms with Gasteiger partial charge in [-0.1, -0.05) is 140 Å². The Morgan fingerprint density at radius 2 is 1.07 bits per heavy atom. The van der Waals surface area contributed by atoms with Gasteiger partial charge in [0.1, 0.15) is 11.2 Å². The van der Waals surface area contributed by atoms with Crippen molar-refractivity contribution < 1.29 is 4.42 Å². The molecular weight excluding hydrogens is 659 g/mol. The second-order valence-corrected chi connectivity index (χ2v) is 14.3. The monoisotopic (exact) mass is 691 g/mol. The number of aryl methyl sites for hydroxylation is 1. The van der Waals surface area contributed by atoms with Crippen molar-refractivity contribution in [2.45, 2.75) is 18.8 Å². The Bertz CT molecular complexity index is 3070. The Balaban J connectivity index is 1.15. The summed E-state index contributed by atoms with van der Waals surface area (Å²) in [6.45, 7) is 0. The van der Waals surface area contributed by atoms with Crippen molar-refractivity contribution in [3.63, 3.8) is 0 Å². The molecule has 0 saturated carbocycles. The van der Waals surface area contributed by atoms with Gasteiger partial charge in [0.15, 0.2) is 17.5 Å². The highest BCUT2D eigenvalue weighted by atomic mass is 16.3. The van der Waals surface area contributed by atoms with Crippen LogP contribution in [0.1, 0.15) is 29.0 Å². The molecule has 11 rings (SSSR count). The fourth-order valence-corrected chi connectivity index (χ4v) is 8.54. The zero-order valence-electron chi connectivity index (χ0n) is 29.4. The van der Waals surface area contributed by atoms with Crippen molar-refractivity contribution in [2.24, 2.45) is 0 Å². The van der Waals surface area contributed by atoms with Gasteiger partial charge in [-0.05, 0) is 92.5 Å². The van der Waals surface area contributed by atoms with Crippen LogP contribution in [-0.4, -0.2) is 15.0 Å². The minimum absolute atomic E-state index is 0.107. The minimum atomic E-state index is 0.107. The largest absolute Gasteiger partial charge is 0.456 e. The number of fused-ring (bicyclic) bond motifs is 8. The molecule has 0 amide bonds. The van der Waals surface area contributed by atoms with Crippen LogP contribution in [-0.2, 0) is 6.42 Å². The fourth-order valence-electron chi connectivity index (χ4n) is 8.54. The highest BCUT2D eigenvalue weighted by Crippen LogP contribution is 2.47. The lowest BCUT2D eigenvalue weighted by Crippen LogP contribution is -2.05. The highest BCUT2D eigenvalue weighted by Gasteiger charge is 2.28. The van der Waals surface area contributed by atoms with Gasteiger partial charge in [-0.3, -0.25) is 0 Å². The van der Waals surface area contributed by atoms with E-state index in [1.807, 2.05) is 24.3 Å². The molecule has 1 unspecified atom stereocenters. The molecule has 0 fully saturated rings. The van der Waals surface area contributed by atoms with Crippen LogP contribution in [0.25, 0.3) is 88.8 Å². The molecule has 1 aliphatic carbocycles. The molecule has 4 heteroatoms. The van der Waals surface area contributed by atoms with Crippen molar-refractivity contribution in [3.8, 4) is 45.3 Å². The van der Waals surface area contributed by atoms with Gasteiger partial charge in [0.2, 0.25) is 0 Å². The van der Waals surface area contributed by atoms with E-state index in [0.717, 1.165) is 56.9 Å². The molecule has 0 radical (unpaired) electrons. The van der Waals surface area contributed by atoms with Gasteiger partial charge in [-0.25, -0.2) is 15.0 Å². The van der Waals surface area contributed by atoms with Crippen molar-refractivity contribution in [2.75, 3.05) is 0 Å². The van der Waals surface area contributed by atoms with Gasteiger partial charge in [0.25, 0.3) is 0 Å². The smallest absolute Gasteiger partial charge is 0.164 e. The Morgan fingerprint density at radius 1 is 0.426 bits per heavy atom. The topological polar surface area (TPSA) is 51.8 Å². The van der Waals surface area contributed by atoms with Gasteiger partial charge < -0.3 is 4.42 Å². The molecule has 0 bridgehead atoms. The second kappa shape index (κ2) is 12.4. The number of hydrogen-bond acceptors (Lipinski definition) is 4. The molecule has 0 saturated heterocycles.